The van der Waals surface area contributed by atoms with Gasteiger partial charge in [-0.3, -0.25) is 0 Å². The van der Waals surface area contributed by atoms with E-state index < -0.39 is 5.97 Å². The van der Waals surface area contributed by atoms with E-state index in [4.69, 9.17) is 0 Å². The van der Waals surface area contributed by atoms with E-state index in [1.54, 1.807) is 11.8 Å². The van der Waals surface area contributed by atoms with Gasteiger partial charge < -0.3 is 5.11 Å². The monoisotopic (exact) mass is 279 g/mol. The van der Waals surface area contributed by atoms with Crippen molar-refractivity contribution in [3.05, 3.63) is 40.2 Å². The number of carboxylic acid groups (broad SMARTS) is 1. The first-order valence-electron chi connectivity index (χ1n) is 5.58. The Hall–Kier alpha value is -1.33. The Labute approximate surface area is 114 Å². The van der Waals surface area contributed by atoms with Crippen molar-refractivity contribution in [2.75, 3.05) is 5.75 Å². The lowest BCUT2D eigenvalue weighted by Crippen LogP contribution is -1.95. The number of hydrogen-bond donors (Lipinski definition) is 1. The second kappa shape index (κ2) is 6.02. The van der Waals surface area contributed by atoms with Crippen LogP contribution in [0.3, 0.4) is 0 Å². The number of rotatable bonds is 5. The molecule has 18 heavy (non-hydrogen) atoms. The first-order chi connectivity index (χ1) is 8.72. The van der Waals surface area contributed by atoms with E-state index in [2.05, 4.69) is 11.9 Å². The number of thioether (sulfide) groups is 1. The highest BCUT2D eigenvalue weighted by Gasteiger charge is 2.18. The minimum Gasteiger partial charge on any atom is -0.477 e. The molecule has 94 valence electrons. The van der Waals surface area contributed by atoms with E-state index in [-0.39, 0.29) is 0 Å². The van der Waals surface area contributed by atoms with Crippen LogP contribution in [0, 0.1) is 0 Å². The van der Waals surface area contributed by atoms with Gasteiger partial charge >= 0.3 is 5.97 Å². The normalized spacial score (nSPS) is 10.5. The summed E-state index contributed by atoms with van der Waals surface area (Å²) >= 11 is 3.02. The van der Waals surface area contributed by atoms with Crippen molar-refractivity contribution in [2.45, 2.75) is 12.7 Å². The fourth-order valence-corrected chi connectivity index (χ4v) is 3.20. The van der Waals surface area contributed by atoms with Gasteiger partial charge in [0.2, 0.25) is 0 Å². The van der Waals surface area contributed by atoms with Crippen LogP contribution >= 0.6 is 23.1 Å². The summed E-state index contributed by atoms with van der Waals surface area (Å²) in [7, 11) is 0. The molecular weight excluding hydrogens is 266 g/mol. The Balaban J connectivity index is 2.39. The molecule has 0 amide bonds. The zero-order valence-electron chi connectivity index (χ0n) is 9.92. The van der Waals surface area contributed by atoms with Crippen molar-refractivity contribution in [1.82, 2.24) is 4.98 Å². The molecule has 0 bridgehead atoms. The van der Waals surface area contributed by atoms with E-state index in [1.165, 1.54) is 11.3 Å². The van der Waals surface area contributed by atoms with Crippen molar-refractivity contribution in [2.24, 2.45) is 0 Å². The number of carboxylic acids is 1. The maximum atomic E-state index is 11.2. The average molecular weight is 279 g/mol. The van der Waals surface area contributed by atoms with Crippen LogP contribution in [0.1, 0.15) is 21.6 Å². The van der Waals surface area contributed by atoms with Crippen molar-refractivity contribution in [1.29, 1.82) is 0 Å². The van der Waals surface area contributed by atoms with Crippen molar-refractivity contribution in [3.63, 3.8) is 0 Å². The highest BCUT2D eigenvalue weighted by Crippen LogP contribution is 2.30. The van der Waals surface area contributed by atoms with Crippen LogP contribution in [-0.4, -0.2) is 21.8 Å². The SMILES string of the molecule is CCSCc1nc(-c2ccccc2)c(C(=O)O)s1. The van der Waals surface area contributed by atoms with Crippen LogP contribution < -0.4 is 0 Å². The number of thiazole rings is 1. The molecule has 1 aromatic heterocycles. The molecule has 0 radical (unpaired) electrons. The fourth-order valence-electron chi connectivity index (χ4n) is 1.55. The molecule has 0 aliphatic carbocycles. The van der Waals surface area contributed by atoms with Crippen LogP contribution in [0.15, 0.2) is 30.3 Å². The molecule has 1 aromatic carbocycles. The standard InChI is InChI=1S/C13H13NO2S2/c1-2-17-8-10-14-11(12(18-10)13(15)16)9-6-4-3-5-7-9/h3-7H,2,8H2,1H3,(H,15,16). The van der Waals surface area contributed by atoms with Gasteiger partial charge in [-0.15, -0.1) is 11.3 Å². The first-order valence-corrected chi connectivity index (χ1v) is 7.55. The average Bonchev–Trinajstić information content (AvgIpc) is 2.82. The number of benzene rings is 1. The second-order valence-electron chi connectivity index (χ2n) is 3.59. The van der Waals surface area contributed by atoms with Gasteiger partial charge in [0.25, 0.3) is 0 Å². The molecule has 1 heterocycles. The highest BCUT2D eigenvalue weighted by atomic mass is 32.2. The zero-order chi connectivity index (χ0) is 13.0. The van der Waals surface area contributed by atoms with Gasteiger partial charge in [-0.1, -0.05) is 37.3 Å². The van der Waals surface area contributed by atoms with Crippen LogP contribution in [0.4, 0.5) is 0 Å². The number of aromatic nitrogens is 1. The van der Waals surface area contributed by atoms with Crippen LogP contribution in [0.5, 0.6) is 0 Å². The Bertz CT molecular complexity index is 537. The second-order valence-corrected chi connectivity index (χ2v) is 5.95. The van der Waals surface area contributed by atoms with Gasteiger partial charge in [-0.05, 0) is 5.75 Å². The Morgan fingerprint density at radius 1 is 1.39 bits per heavy atom. The molecule has 0 atom stereocenters. The lowest BCUT2D eigenvalue weighted by Gasteiger charge is -1.97. The molecule has 0 fully saturated rings. The molecule has 2 aromatic rings. The molecule has 0 aliphatic heterocycles. The van der Waals surface area contributed by atoms with Gasteiger partial charge in [-0.2, -0.15) is 11.8 Å². The molecule has 0 unspecified atom stereocenters. The first kappa shape index (κ1) is 13.1. The summed E-state index contributed by atoms with van der Waals surface area (Å²) < 4.78 is 0. The van der Waals surface area contributed by atoms with Crippen LogP contribution in [0.25, 0.3) is 11.3 Å². The molecule has 0 aliphatic rings. The summed E-state index contributed by atoms with van der Waals surface area (Å²) in [5.41, 5.74) is 1.44. The van der Waals surface area contributed by atoms with E-state index in [0.717, 1.165) is 22.1 Å². The fraction of sp³-hybridized carbons (Fsp3) is 0.231. The molecule has 3 nitrogen and oxygen atoms in total. The topological polar surface area (TPSA) is 50.2 Å². The largest absolute Gasteiger partial charge is 0.477 e. The molecule has 0 saturated carbocycles. The minimum absolute atomic E-state index is 0.327. The third-order valence-electron chi connectivity index (χ3n) is 2.34. The predicted octanol–water partition coefficient (Wildman–Crippen LogP) is 3.76. The third kappa shape index (κ3) is 2.91. The Morgan fingerprint density at radius 3 is 2.72 bits per heavy atom. The number of carbonyl (C=O) groups is 1. The molecule has 2 rings (SSSR count). The van der Waals surface area contributed by atoms with E-state index in [0.29, 0.717) is 10.6 Å². The minimum atomic E-state index is -0.904. The summed E-state index contributed by atoms with van der Waals surface area (Å²) in [6.45, 7) is 2.08. The number of aromatic carboxylic acids is 1. The van der Waals surface area contributed by atoms with E-state index >= 15 is 0 Å². The lowest BCUT2D eigenvalue weighted by molar-refractivity contribution is 0.0702. The number of nitrogens with zero attached hydrogens (tertiary/aromatic N) is 1. The Morgan fingerprint density at radius 2 is 2.11 bits per heavy atom. The molecule has 0 spiro atoms. The molecular formula is C13H13NO2S2. The lowest BCUT2D eigenvalue weighted by atomic mass is 10.1. The van der Waals surface area contributed by atoms with Gasteiger partial charge in [-0.25, -0.2) is 9.78 Å². The molecule has 5 heteroatoms. The quantitative estimate of drug-likeness (QED) is 0.905. The van der Waals surface area contributed by atoms with E-state index in [9.17, 15) is 9.90 Å². The van der Waals surface area contributed by atoms with Crippen molar-refractivity contribution in [3.8, 4) is 11.3 Å². The Kier molecular flexibility index (Phi) is 4.38. The van der Waals surface area contributed by atoms with Crippen LogP contribution in [0.2, 0.25) is 0 Å². The predicted molar refractivity (Wildman–Crippen MR) is 76.3 cm³/mol. The van der Waals surface area contributed by atoms with Crippen molar-refractivity contribution >= 4 is 29.1 Å². The number of hydrogen-bond acceptors (Lipinski definition) is 4. The van der Waals surface area contributed by atoms with Crippen molar-refractivity contribution < 1.29 is 9.90 Å². The summed E-state index contributed by atoms with van der Waals surface area (Å²) in [6.07, 6.45) is 0. The van der Waals surface area contributed by atoms with Crippen LogP contribution in [-0.2, 0) is 5.75 Å². The summed E-state index contributed by atoms with van der Waals surface area (Å²) in [5.74, 6) is 0.871. The van der Waals surface area contributed by atoms with Gasteiger partial charge in [0.15, 0.2) is 0 Å². The zero-order valence-corrected chi connectivity index (χ0v) is 11.6. The summed E-state index contributed by atoms with van der Waals surface area (Å²) in [4.78, 5) is 16.0. The molecule has 1 N–H and O–H groups in total. The summed E-state index contributed by atoms with van der Waals surface area (Å²) in [5, 5.41) is 10.1. The van der Waals surface area contributed by atoms with E-state index in [1.807, 2.05) is 30.3 Å². The maximum Gasteiger partial charge on any atom is 0.348 e. The smallest absolute Gasteiger partial charge is 0.348 e. The van der Waals surface area contributed by atoms with Gasteiger partial charge in [0, 0.05) is 11.3 Å². The highest BCUT2D eigenvalue weighted by molar-refractivity contribution is 7.98. The van der Waals surface area contributed by atoms with Gasteiger partial charge in [0.1, 0.15) is 9.88 Å². The van der Waals surface area contributed by atoms with Gasteiger partial charge in [0.05, 0.1) is 5.69 Å². The maximum absolute atomic E-state index is 11.2. The molecule has 0 saturated heterocycles. The third-order valence-corrected chi connectivity index (χ3v) is 4.45. The summed E-state index contributed by atoms with van der Waals surface area (Å²) in [6, 6.07) is 9.46.